The van der Waals surface area contributed by atoms with Gasteiger partial charge in [-0.05, 0) is 18.6 Å². The standard InChI is InChI=1S/C9H5NO4/c1-3-2-4-5-6(7(3)14-4)9(12)10(13)8(5)11/h2,13H,1H3. The van der Waals surface area contributed by atoms with E-state index in [1.807, 2.05) is 0 Å². The Labute approximate surface area is 77.8 Å². The minimum absolute atomic E-state index is 0.125. The van der Waals surface area contributed by atoms with Gasteiger partial charge in [-0.15, -0.1) is 5.06 Å². The van der Waals surface area contributed by atoms with Crippen LogP contribution >= 0.6 is 0 Å². The van der Waals surface area contributed by atoms with E-state index in [1.165, 1.54) is 0 Å². The Balaban J connectivity index is 2.46. The number of benzene rings is 1. The minimum Gasteiger partial charge on any atom is -0.455 e. The van der Waals surface area contributed by atoms with Crippen LogP contribution in [-0.2, 0) is 0 Å². The highest BCUT2D eigenvalue weighted by Gasteiger charge is 2.42. The van der Waals surface area contributed by atoms with Crippen molar-refractivity contribution in [3.63, 3.8) is 0 Å². The van der Waals surface area contributed by atoms with Gasteiger partial charge in [0.1, 0.15) is 22.3 Å². The van der Waals surface area contributed by atoms with Crippen LogP contribution in [0.2, 0.25) is 0 Å². The van der Waals surface area contributed by atoms with E-state index in [9.17, 15) is 9.59 Å². The first-order chi connectivity index (χ1) is 6.61. The normalized spacial score (nSPS) is 16.0. The number of hydrogen-bond donors (Lipinski definition) is 1. The van der Waals surface area contributed by atoms with E-state index in [2.05, 4.69) is 0 Å². The van der Waals surface area contributed by atoms with Gasteiger partial charge in [-0.1, -0.05) is 0 Å². The van der Waals surface area contributed by atoms with Crippen molar-refractivity contribution < 1.29 is 19.2 Å². The van der Waals surface area contributed by atoms with Crippen LogP contribution in [0.3, 0.4) is 0 Å². The third-order valence-corrected chi connectivity index (χ3v) is 2.45. The Morgan fingerprint density at radius 2 is 1.93 bits per heavy atom. The maximum Gasteiger partial charge on any atom is 0.289 e. The van der Waals surface area contributed by atoms with Crippen LogP contribution in [0.15, 0.2) is 10.5 Å². The summed E-state index contributed by atoms with van der Waals surface area (Å²) in [6.07, 6.45) is 0. The van der Waals surface area contributed by atoms with Gasteiger partial charge in [-0.3, -0.25) is 14.8 Å². The largest absolute Gasteiger partial charge is 0.455 e. The average molecular weight is 191 g/mol. The van der Waals surface area contributed by atoms with E-state index in [0.717, 1.165) is 5.56 Å². The zero-order valence-corrected chi connectivity index (χ0v) is 7.20. The molecule has 0 saturated heterocycles. The molecular weight excluding hydrogens is 186 g/mol. The molecule has 3 heterocycles. The van der Waals surface area contributed by atoms with Gasteiger partial charge in [-0.25, -0.2) is 0 Å². The van der Waals surface area contributed by atoms with Gasteiger partial charge in [-0.2, -0.15) is 0 Å². The van der Waals surface area contributed by atoms with Crippen molar-refractivity contribution >= 4 is 23.0 Å². The zero-order chi connectivity index (χ0) is 10.0. The van der Waals surface area contributed by atoms with Gasteiger partial charge in [0.25, 0.3) is 11.8 Å². The topological polar surface area (TPSA) is 70.8 Å². The highest BCUT2D eigenvalue weighted by molar-refractivity contribution is 6.27. The van der Waals surface area contributed by atoms with Gasteiger partial charge in [0.2, 0.25) is 0 Å². The summed E-state index contributed by atoms with van der Waals surface area (Å²) in [7, 11) is 0. The average Bonchev–Trinajstić information content (AvgIpc) is 2.74. The summed E-state index contributed by atoms with van der Waals surface area (Å²) in [4.78, 5) is 22.7. The lowest BCUT2D eigenvalue weighted by Crippen LogP contribution is -2.25. The van der Waals surface area contributed by atoms with Crippen LogP contribution in [0.1, 0.15) is 26.3 Å². The second-order valence-electron chi connectivity index (χ2n) is 3.29. The first-order valence-corrected chi connectivity index (χ1v) is 4.04. The van der Waals surface area contributed by atoms with E-state index < -0.39 is 11.8 Å². The summed E-state index contributed by atoms with van der Waals surface area (Å²) in [6.45, 7) is 1.78. The summed E-state index contributed by atoms with van der Waals surface area (Å²) in [5.74, 6) is -1.42. The fourth-order valence-electron chi connectivity index (χ4n) is 1.81. The summed E-state index contributed by atoms with van der Waals surface area (Å²) >= 11 is 0. The molecule has 1 aliphatic rings. The summed E-state index contributed by atoms with van der Waals surface area (Å²) < 4.78 is 5.23. The van der Waals surface area contributed by atoms with Crippen molar-refractivity contribution in [2.45, 2.75) is 6.92 Å². The molecule has 0 radical (unpaired) electrons. The molecule has 2 aromatic heterocycles. The van der Waals surface area contributed by atoms with Crippen molar-refractivity contribution in [3.8, 4) is 0 Å². The van der Waals surface area contributed by atoms with Crippen molar-refractivity contribution in [2.24, 2.45) is 0 Å². The highest BCUT2D eigenvalue weighted by Crippen LogP contribution is 2.37. The number of nitrogens with zero attached hydrogens (tertiary/aromatic N) is 1. The van der Waals surface area contributed by atoms with Crippen LogP contribution in [0, 0.1) is 6.92 Å². The van der Waals surface area contributed by atoms with Crippen molar-refractivity contribution in [1.82, 2.24) is 5.06 Å². The maximum atomic E-state index is 11.4. The molecule has 2 aromatic rings. The van der Waals surface area contributed by atoms with Gasteiger partial charge in [0.05, 0.1) is 0 Å². The molecule has 1 N–H and O–H groups in total. The Kier molecular flexibility index (Phi) is 1.05. The molecule has 2 amide bonds. The van der Waals surface area contributed by atoms with E-state index in [-0.39, 0.29) is 16.2 Å². The van der Waals surface area contributed by atoms with Gasteiger partial charge in [0.15, 0.2) is 0 Å². The van der Waals surface area contributed by atoms with Crippen LogP contribution in [0.25, 0.3) is 11.2 Å². The third kappa shape index (κ3) is 0.579. The van der Waals surface area contributed by atoms with E-state index in [4.69, 9.17) is 9.62 Å². The summed E-state index contributed by atoms with van der Waals surface area (Å²) in [5.41, 5.74) is 1.92. The molecule has 0 fully saturated rings. The van der Waals surface area contributed by atoms with Gasteiger partial charge in [0, 0.05) is 0 Å². The van der Waals surface area contributed by atoms with E-state index in [1.54, 1.807) is 13.0 Å². The number of hydroxylamine groups is 2. The highest BCUT2D eigenvalue weighted by atomic mass is 16.5. The Morgan fingerprint density at radius 1 is 1.29 bits per heavy atom. The molecule has 0 unspecified atom stereocenters. The van der Waals surface area contributed by atoms with E-state index in [0.29, 0.717) is 11.2 Å². The SMILES string of the molecule is Cc1cc2oc1c1c2C(=O)N(O)C1=O. The second-order valence-corrected chi connectivity index (χ2v) is 3.29. The maximum absolute atomic E-state index is 11.4. The smallest absolute Gasteiger partial charge is 0.289 e. The van der Waals surface area contributed by atoms with Crippen LogP contribution < -0.4 is 0 Å². The van der Waals surface area contributed by atoms with Crippen molar-refractivity contribution in [3.05, 3.63) is 22.8 Å². The molecule has 0 saturated carbocycles. The van der Waals surface area contributed by atoms with Crippen LogP contribution in [0.5, 0.6) is 0 Å². The molecule has 2 bridgehead atoms. The van der Waals surface area contributed by atoms with Gasteiger partial charge < -0.3 is 4.42 Å². The molecule has 14 heavy (non-hydrogen) atoms. The quantitative estimate of drug-likeness (QED) is 0.501. The molecule has 0 atom stereocenters. The van der Waals surface area contributed by atoms with Crippen LogP contribution in [0.4, 0.5) is 0 Å². The molecule has 1 aliphatic heterocycles. The Morgan fingerprint density at radius 3 is 2.64 bits per heavy atom. The lowest BCUT2D eigenvalue weighted by molar-refractivity contribution is -0.0327. The summed E-state index contributed by atoms with van der Waals surface area (Å²) in [5, 5.41) is 9.23. The number of imide groups is 1. The van der Waals surface area contributed by atoms with Crippen molar-refractivity contribution in [2.75, 3.05) is 0 Å². The number of fused-ring (bicyclic) bond motifs is 5. The fraction of sp³-hybridized carbons (Fsp3) is 0.111. The van der Waals surface area contributed by atoms with Gasteiger partial charge >= 0.3 is 0 Å². The lowest BCUT2D eigenvalue weighted by atomic mass is 10.1. The molecule has 70 valence electrons. The second kappa shape index (κ2) is 1.96. The third-order valence-electron chi connectivity index (χ3n) is 2.45. The number of carbonyl (C=O) groups is 2. The molecule has 3 rings (SSSR count). The summed E-state index contributed by atoms with van der Waals surface area (Å²) in [6, 6.07) is 1.68. The monoisotopic (exact) mass is 191 g/mol. The number of hydrogen-bond acceptors (Lipinski definition) is 4. The number of carbonyl (C=O) groups excluding carboxylic acids is 2. The van der Waals surface area contributed by atoms with E-state index >= 15 is 0 Å². The predicted molar refractivity (Wildman–Crippen MR) is 44.4 cm³/mol. The molecule has 0 aliphatic carbocycles. The van der Waals surface area contributed by atoms with Crippen LogP contribution in [-0.4, -0.2) is 22.1 Å². The number of aryl methyl sites for hydroxylation is 1. The number of rotatable bonds is 0. The minimum atomic E-state index is -0.709. The molecule has 0 aromatic carbocycles. The molecule has 5 heteroatoms. The van der Waals surface area contributed by atoms with Crippen molar-refractivity contribution in [1.29, 1.82) is 0 Å². The lowest BCUT2D eigenvalue weighted by Gasteiger charge is -2.00. The molecule has 0 spiro atoms. The first-order valence-electron chi connectivity index (χ1n) is 4.04. The zero-order valence-electron chi connectivity index (χ0n) is 7.20. The Hall–Kier alpha value is -1.88. The molecular formula is C9H5NO4. The molecule has 5 nitrogen and oxygen atoms in total. The predicted octanol–water partition coefficient (Wildman–Crippen LogP) is 1.16. The first kappa shape index (κ1) is 7.52. The number of furan rings is 2. The fourth-order valence-corrected chi connectivity index (χ4v) is 1.81. The number of amides is 2. The Bertz CT molecular complexity index is 568.